The van der Waals surface area contributed by atoms with E-state index in [1.165, 1.54) is 33.0 Å². The standard InChI is InChI=1S/C26H28O/c1-25(2,3)18-11-9-10-17(14-18)21-15-19(26(4,5)6)16-22-20-12-7-8-13-23(20)27-24(21)22/h7-16H,1-6H3. The molecular weight excluding hydrogens is 328 g/mol. The number of benzene rings is 3. The Balaban J connectivity index is 2.08. The summed E-state index contributed by atoms with van der Waals surface area (Å²) in [6.07, 6.45) is 0. The summed E-state index contributed by atoms with van der Waals surface area (Å²) >= 11 is 0. The molecule has 0 radical (unpaired) electrons. The van der Waals surface area contributed by atoms with E-state index in [0.29, 0.717) is 0 Å². The summed E-state index contributed by atoms with van der Waals surface area (Å²) in [5.74, 6) is 0. The lowest BCUT2D eigenvalue weighted by atomic mass is 9.82. The highest BCUT2D eigenvalue weighted by atomic mass is 16.3. The van der Waals surface area contributed by atoms with Crippen molar-refractivity contribution in [3.05, 3.63) is 71.8 Å². The average Bonchev–Trinajstić information content (AvgIpc) is 2.98. The molecule has 27 heavy (non-hydrogen) atoms. The summed E-state index contributed by atoms with van der Waals surface area (Å²) < 4.78 is 6.33. The molecule has 0 amide bonds. The molecule has 4 rings (SSSR count). The van der Waals surface area contributed by atoms with Gasteiger partial charge < -0.3 is 4.42 Å². The van der Waals surface area contributed by atoms with Crippen LogP contribution in [-0.2, 0) is 10.8 Å². The first-order valence-electron chi connectivity index (χ1n) is 9.71. The van der Waals surface area contributed by atoms with Crippen molar-refractivity contribution < 1.29 is 4.42 Å². The molecule has 138 valence electrons. The maximum atomic E-state index is 6.33. The number of para-hydroxylation sites is 1. The molecule has 0 N–H and O–H groups in total. The molecule has 1 heterocycles. The molecule has 3 aromatic carbocycles. The van der Waals surface area contributed by atoms with Crippen molar-refractivity contribution in [2.45, 2.75) is 52.4 Å². The van der Waals surface area contributed by atoms with Gasteiger partial charge in [-0.2, -0.15) is 0 Å². The minimum Gasteiger partial charge on any atom is -0.455 e. The Kier molecular flexibility index (Phi) is 3.96. The highest BCUT2D eigenvalue weighted by molar-refractivity contribution is 6.10. The third-order valence-corrected chi connectivity index (χ3v) is 5.38. The van der Waals surface area contributed by atoms with Crippen molar-refractivity contribution in [2.75, 3.05) is 0 Å². The van der Waals surface area contributed by atoms with Crippen LogP contribution in [0.2, 0.25) is 0 Å². The smallest absolute Gasteiger partial charge is 0.143 e. The Labute approximate surface area is 162 Å². The normalized spacial score (nSPS) is 12.8. The van der Waals surface area contributed by atoms with Gasteiger partial charge >= 0.3 is 0 Å². The minimum atomic E-state index is 0.0724. The van der Waals surface area contributed by atoms with E-state index in [9.17, 15) is 0 Å². The summed E-state index contributed by atoms with van der Waals surface area (Å²) in [6.45, 7) is 13.6. The second kappa shape index (κ2) is 5.99. The highest BCUT2D eigenvalue weighted by Crippen LogP contribution is 2.40. The zero-order chi connectivity index (χ0) is 19.4. The molecule has 4 aromatic rings. The van der Waals surface area contributed by atoms with Crippen molar-refractivity contribution >= 4 is 21.9 Å². The summed E-state index contributed by atoms with van der Waals surface area (Å²) in [6, 6.07) is 21.8. The van der Waals surface area contributed by atoms with Crippen LogP contribution in [0.3, 0.4) is 0 Å². The Morgan fingerprint density at radius 3 is 2.04 bits per heavy atom. The third-order valence-electron chi connectivity index (χ3n) is 5.38. The monoisotopic (exact) mass is 356 g/mol. The molecule has 1 heteroatoms. The molecule has 0 aliphatic rings. The van der Waals surface area contributed by atoms with E-state index in [-0.39, 0.29) is 10.8 Å². The van der Waals surface area contributed by atoms with Gasteiger partial charge in [0.1, 0.15) is 11.2 Å². The zero-order valence-electron chi connectivity index (χ0n) is 17.2. The van der Waals surface area contributed by atoms with E-state index < -0.39 is 0 Å². The number of fused-ring (bicyclic) bond motifs is 3. The predicted octanol–water partition coefficient (Wildman–Crippen LogP) is 7.85. The molecule has 0 aliphatic carbocycles. The van der Waals surface area contributed by atoms with E-state index in [2.05, 4.69) is 96.1 Å². The lowest BCUT2D eigenvalue weighted by molar-refractivity contribution is 0.589. The van der Waals surface area contributed by atoms with Gasteiger partial charge in [0.05, 0.1) is 0 Å². The molecule has 0 saturated heterocycles. The van der Waals surface area contributed by atoms with Crippen LogP contribution >= 0.6 is 0 Å². The predicted molar refractivity (Wildman–Crippen MR) is 117 cm³/mol. The molecule has 0 atom stereocenters. The van der Waals surface area contributed by atoms with Gasteiger partial charge in [-0.05, 0) is 45.7 Å². The van der Waals surface area contributed by atoms with E-state index in [0.717, 1.165) is 11.2 Å². The van der Waals surface area contributed by atoms with Gasteiger partial charge in [-0.3, -0.25) is 0 Å². The summed E-state index contributed by atoms with van der Waals surface area (Å²) in [5, 5.41) is 2.39. The second-order valence-corrected chi connectivity index (χ2v) is 9.58. The Hall–Kier alpha value is -2.54. The fraction of sp³-hybridized carbons (Fsp3) is 0.308. The van der Waals surface area contributed by atoms with E-state index in [1.54, 1.807) is 0 Å². The van der Waals surface area contributed by atoms with Gasteiger partial charge in [0.2, 0.25) is 0 Å². The van der Waals surface area contributed by atoms with Crippen LogP contribution in [0.15, 0.2) is 65.1 Å². The van der Waals surface area contributed by atoms with E-state index in [4.69, 9.17) is 4.42 Å². The summed E-state index contributed by atoms with van der Waals surface area (Å²) in [4.78, 5) is 0. The van der Waals surface area contributed by atoms with Gasteiger partial charge in [-0.15, -0.1) is 0 Å². The molecular formula is C26H28O. The van der Waals surface area contributed by atoms with Crippen LogP contribution < -0.4 is 0 Å². The van der Waals surface area contributed by atoms with Crippen molar-refractivity contribution in [1.82, 2.24) is 0 Å². The first-order chi connectivity index (χ1) is 12.6. The van der Waals surface area contributed by atoms with Crippen molar-refractivity contribution in [3.63, 3.8) is 0 Å². The Bertz CT molecular complexity index is 1130. The molecule has 0 spiro atoms. The highest BCUT2D eigenvalue weighted by Gasteiger charge is 2.21. The van der Waals surface area contributed by atoms with Gasteiger partial charge in [-0.1, -0.05) is 84.0 Å². The maximum absolute atomic E-state index is 6.33. The topological polar surface area (TPSA) is 13.1 Å². The largest absolute Gasteiger partial charge is 0.455 e. The second-order valence-electron chi connectivity index (χ2n) is 9.58. The fourth-order valence-electron chi connectivity index (χ4n) is 3.63. The molecule has 0 fully saturated rings. The first-order valence-corrected chi connectivity index (χ1v) is 9.71. The van der Waals surface area contributed by atoms with Crippen LogP contribution in [0.5, 0.6) is 0 Å². The van der Waals surface area contributed by atoms with Crippen LogP contribution in [0.4, 0.5) is 0 Å². The number of hydrogen-bond donors (Lipinski definition) is 0. The molecule has 0 aliphatic heterocycles. The maximum Gasteiger partial charge on any atom is 0.143 e. The first kappa shape index (κ1) is 17.9. The van der Waals surface area contributed by atoms with Gasteiger partial charge in [-0.25, -0.2) is 0 Å². The SMILES string of the molecule is CC(C)(C)c1cccc(-c2cc(C(C)(C)C)cc3c2oc2ccccc23)c1. The number of hydrogen-bond acceptors (Lipinski definition) is 1. The molecule has 0 saturated carbocycles. The zero-order valence-corrected chi connectivity index (χ0v) is 17.2. The summed E-state index contributed by atoms with van der Waals surface area (Å²) in [5.41, 5.74) is 7.19. The van der Waals surface area contributed by atoms with Crippen molar-refractivity contribution in [3.8, 4) is 11.1 Å². The molecule has 1 aromatic heterocycles. The van der Waals surface area contributed by atoms with Crippen molar-refractivity contribution in [1.29, 1.82) is 0 Å². The third kappa shape index (κ3) is 3.16. The minimum absolute atomic E-state index is 0.0724. The van der Waals surface area contributed by atoms with Crippen LogP contribution in [-0.4, -0.2) is 0 Å². The van der Waals surface area contributed by atoms with Crippen molar-refractivity contribution in [2.24, 2.45) is 0 Å². The molecule has 0 bridgehead atoms. The van der Waals surface area contributed by atoms with Crippen LogP contribution in [0, 0.1) is 0 Å². The lowest BCUT2D eigenvalue weighted by Crippen LogP contribution is -2.12. The molecule has 0 unspecified atom stereocenters. The van der Waals surface area contributed by atoms with Gasteiger partial charge in [0.25, 0.3) is 0 Å². The lowest BCUT2D eigenvalue weighted by Gasteiger charge is -2.22. The summed E-state index contributed by atoms with van der Waals surface area (Å²) in [7, 11) is 0. The Morgan fingerprint density at radius 1 is 0.630 bits per heavy atom. The van der Waals surface area contributed by atoms with E-state index >= 15 is 0 Å². The van der Waals surface area contributed by atoms with Crippen LogP contribution in [0.25, 0.3) is 33.1 Å². The fourth-order valence-corrected chi connectivity index (χ4v) is 3.63. The molecule has 1 nitrogen and oxygen atoms in total. The van der Waals surface area contributed by atoms with Gasteiger partial charge in [0.15, 0.2) is 0 Å². The number of rotatable bonds is 1. The van der Waals surface area contributed by atoms with E-state index in [1.807, 2.05) is 6.07 Å². The quantitative estimate of drug-likeness (QED) is 0.338. The van der Waals surface area contributed by atoms with Gasteiger partial charge in [0, 0.05) is 16.3 Å². The van der Waals surface area contributed by atoms with Crippen LogP contribution in [0.1, 0.15) is 52.7 Å². The Morgan fingerprint density at radius 2 is 1.33 bits per heavy atom. The number of furan rings is 1. The average molecular weight is 357 g/mol.